The van der Waals surface area contributed by atoms with Crippen molar-refractivity contribution in [2.45, 2.75) is 32.2 Å². The minimum absolute atomic E-state index is 0.0449. The summed E-state index contributed by atoms with van der Waals surface area (Å²) in [6.07, 6.45) is 2.71. The van der Waals surface area contributed by atoms with Crippen molar-refractivity contribution in [1.82, 2.24) is 5.32 Å². The maximum atomic E-state index is 13.2. The summed E-state index contributed by atoms with van der Waals surface area (Å²) < 4.78 is 18.6. The smallest absolute Gasteiger partial charge is 0.287 e. The number of carbonyl (C=O) groups is 1. The van der Waals surface area contributed by atoms with Gasteiger partial charge in [-0.05, 0) is 37.1 Å². The summed E-state index contributed by atoms with van der Waals surface area (Å²) in [7, 11) is 0. The molecular weight excluding hydrogens is 273 g/mol. The van der Waals surface area contributed by atoms with Crippen molar-refractivity contribution >= 4 is 16.9 Å². The maximum Gasteiger partial charge on any atom is 0.287 e. The molecule has 2 atom stereocenters. The first-order valence-corrected chi connectivity index (χ1v) is 7.13. The minimum atomic E-state index is -0.362. The van der Waals surface area contributed by atoms with Gasteiger partial charge in [-0.15, -0.1) is 0 Å². The lowest BCUT2D eigenvalue weighted by atomic mass is 9.86. The molecule has 1 aromatic carbocycles. The number of furan rings is 1. The molecule has 0 radical (unpaired) electrons. The van der Waals surface area contributed by atoms with E-state index in [1.165, 1.54) is 18.2 Å². The Balaban J connectivity index is 1.81. The Morgan fingerprint density at radius 3 is 3.10 bits per heavy atom. The molecular formula is C16H18FNO3. The number of hydrogen-bond donors (Lipinski definition) is 2. The molecule has 0 spiro atoms. The average Bonchev–Trinajstić information content (AvgIpc) is 3.03. The lowest BCUT2D eigenvalue weighted by Crippen LogP contribution is -2.44. The lowest BCUT2D eigenvalue weighted by Gasteiger charge is -2.29. The van der Waals surface area contributed by atoms with Gasteiger partial charge < -0.3 is 14.8 Å². The summed E-state index contributed by atoms with van der Waals surface area (Å²) in [5, 5.41) is 13.0. The summed E-state index contributed by atoms with van der Waals surface area (Å²) in [6.45, 7) is 2.02. The van der Waals surface area contributed by atoms with E-state index in [1.807, 2.05) is 6.92 Å². The molecule has 4 nitrogen and oxygen atoms in total. The molecule has 1 aliphatic rings. The first kappa shape index (κ1) is 14.1. The van der Waals surface area contributed by atoms with Crippen molar-refractivity contribution in [1.29, 1.82) is 0 Å². The Hall–Kier alpha value is -1.88. The zero-order valence-corrected chi connectivity index (χ0v) is 11.9. The van der Waals surface area contributed by atoms with Crippen LogP contribution in [-0.4, -0.2) is 23.7 Å². The van der Waals surface area contributed by atoms with Crippen LogP contribution in [0.2, 0.25) is 0 Å². The predicted octanol–water partition coefficient (Wildman–Crippen LogP) is 2.85. The topological polar surface area (TPSA) is 62.5 Å². The quantitative estimate of drug-likeness (QED) is 0.914. The zero-order valence-electron chi connectivity index (χ0n) is 11.9. The summed E-state index contributed by atoms with van der Waals surface area (Å²) in [5.74, 6) is -0.514. The normalized spacial score (nSPS) is 25.4. The van der Waals surface area contributed by atoms with E-state index in [9.17, 15) is 14.3 Å². The fraction of sp³-hybridized carbons (Fsp3) is 0.438. The number of aliphatic hydroxyl groups excluding tert-OH is 1. The third-order valence-corrected chi connectivity index (χ3v) is 4.45. The van der Waals surface area contributed by atoms with Gasteiger partial charge >= 0.3 is 0 Å². The van der Waals surface area contributed by atoms with Crippen LogP contribution in [0.15, 0.2) is 28.7 Å². The van der Waals surface area contributed by atoms with E-state index < -0.39 is 0 Å². The number of carbonyl (C=O) groups excluding carboxylic acids is 1. The number of halogens is 1. The number of aliphatic hydroxyl groups is 1. The van der Waals surface area contributed by atoms with Crippen molar-refractivity contribution in [3.63, 3.8) is 0 Å². The highest BCUT2D eigenvalue weighted by atomic mass is 19.1. The third-order valence-electron chi connectivity index (χ3n) is 4.45. The largest absolute Gasteiger partial charge is 0.451 e. The van der Waals surface area contributed by atoms with Crippen molar-refractivity contribution in [2.75, 3.05) is 6.61 Å². The van der Waals surface area contributed by atoms with Gasteiger partial charge in [-0.1, -0.05) is 13.3 Å². The van der Waals surface area contributed by atoms with Gasteiger partial charge in [-0.2, -0.15) is 0 Å². The number of nitrogens with one attached hydrogen (secondary N) is 1. The second-order valence-corrected chi connectivity index (χ2v) is 6.02. The highest BCUT2D eigenvalue weighted by Crippen LogP contribution is 2.37. The molecule has 1 heterocycles. The van der Waals surface area contributed by atoms with Crippen LogP contribution < -0.4 is 5.32 Å². The van der Waals surface area contributed by atoms with E-state index in [-0.39, 0.29) is 35.5 Å². The van der Waals surface area contributed by atoms with Crippen LogP contribution in [0.1, 0.15) is 36.7 Å². The first-order chi connectivity index (χ1) is 10.0. The zero-order chi connectivity index (χ0) is 15.0. The van der Waals surface area contributed by atoms with Gasteiger partial charge in [0.25, 0.3) is 5.91 Å². The van der Waals surface area contributed by atoms with Crippen LogP contribution in [0.4, 0.5) is 4.39 Å². The molecule has 1 aromatic heterocycles. The minimum Gasteiger partial charge on any atom is -0.451 e. The molecule has 112 valence electrons. The molecule has 2 N–H and O–H groups in total. The Labute approximate surface area is 121 Å². The van der Waals surface area contributed by atoms with E-state index >= 15 is 0 Å². The molecule has 1 fully saturated rings. The van der Waals surface area contributed by atoms with E-state index in [0.717, 1.165) is 19.3 Å². The fourth-order valence-electron chi connectivity index (χ4n) is 3.02. The molecule has 3 rings (SSSR count). The Morgan fingerprint density at radius 2 is 2.33 bits per heavy atom. The Kier molecular flexibility index (Phi) is 3.45. The molecule has 1 saturated carbocycles. The lowest BCUT2D eigenvalue weighted by molar-refractivity contribution is 0.0807. The number of fused-ring (bicyclic) bond motifs is 1. The third kappa shape index (κ3) is 2.53. The van der Waals surface area contributed by atoms with E-state index in [0.29, 0.717) is 11.0 Å². The standard InChI is InChI=1S/C16H18FNO3/c1-16(9-19)6-2-3-14(16)18-15(20)13-8-10-7-11(17)4-5-12(10)21-13/h4-5,7-8,14,19H,2-3,6,9H2,1H3,(H,18,20). The monoisotopic (exact) mass is 291 g/mol. The molecule has 2 unspecified atom stereocenters. The van der Waals surface area contributed by atoms with Crippen LogP contribution in [0.5, 0.6) is 0 Å². The Morgan fingerprint density at radius 1 is 1.52 bits per heavy atom. The summed E-state index contributed by atoms with van der Waals surface area (Å²) >= 11 is 0. The molecule has 0 saturated heterocycles. The van der Waals surface area contributed by atoms with Crippen LogP contribution in [-0.2, 0) is 0 Å². The molecule has 0 aliphatic heterocycles. The number of amides is 1. The van der Waals surface area contributed by atoms with Crippen LogP contribution >= 0.6 is 0 Å². The number of rotatable bonds is 3. The van der Waals surface area contributed by atoms with Gasteiger partial charge in [0, 0.05) is 16.8 Å². The highest BCUT2D eigenvalue weighted by molar-refractivity contribution is 5.96. The molecule has 21 heavy (non-hydrogen) atoms. The van der Waals surface area contributed by atoms with Crippen molar-refractivity contribution in [3.8, 4) is 0 Å². The van der Waals surface area contributed by atoms with Gasteiger partial charge in [-0.3, -0.25) is 4.79 Å². The second-order valence-electron chi connectivity index (χ2n) is 6.02. The Bertz CT molecular complexity index is 681. The van der Waals surface area contributed by atoms with Crippen LogP contribution in [0.3, 0.4) is 0 Å². The van der Waals surface area contributed by atoms with Crippen molar-refractivity contribution < 1.29 is 18.7 Å². The molecule has 5 heteroatoms. The molecule has 1 amide bonds. The van der Waals surface area contributed by atoms with Gasteiger partial charge in [0.15, 0.2) is 5.76 Å². The summed E-state index contributed by atoms with van der Waals surface area (Å²) in [4.78, 5) is 12.3. The summed E-state index contributed by atoms with van der Waals surface area (Å²) in [5.41, 5.74) is 0.200. The molecule has 0 bridgehead atoms. The van der Waals surface area contributed by atoms with Gasteiger partial charge in [0.05, 0.1) is 6.61 Å². The summed E-state index contributed by atoms with van der Waals surface area (Å²) in [6, 6.07) is 5.62. The molecule has 1 aliphatic carbocycles. The van der Waals surface area contributed by atoms with E-state index in [4.69, 9.17) is 4.42 Å². The van der Waals surface area contributed by atoms with Crippen molar-refractivity contribution in [3.05, 3.63) is 35.8 Å². The number of benzene rings is 1. The number of hydrogen-bond acceptors (Lipinski definition) is 3. The predicted molar refractivity (Wildman–Crippen MR) is 76.5 cm³/mol. The second kappa shape index (κ2) is 5.15. The van der Waals surface area contributed by atoms with Gasteiger partial charge in [0.1, 0.15) is 11.4 Å². The highest BCUT2D eigenvalue weighted by Gasteiger charge is 2.39. The van der Waals surface area contributed by atoms with Gasteiger partial charge in [-0.25, -0.2) is 4.39 Å². The van der Waals surface area contributed by atoms with Crippen LogP contribution in [0.25, 0.3) is 11.0 Å². The average molecular weight is 291 g/mol. The van der Waals surface area contributed by atoms with Crippen LogP contribution in [0, 0.1) is 11.2 Å². The first-order valence-electron chi connectivity index (χ1n) is 7.13. The fourth-order valence-corrected chi connectivity index (χ4v) is 3.02. The van der Waals surface area contributed by atoms with E-state index in [1.54, 1.807) is 6.07 Å². The maximum absolute atomic E-state index is 13.2. The van der Waals surface area contributed by atoms with Gasteiger partial charge in [0.2, 0.25) is 0 Å². The van der Waals surface area contributed by atoms with Crippen molar-refractivity contribution in [2.24, 2.45) is 5.41 Å². The van der Waals surface area contributed by atoms with E-state index in [2.05, 4.69) is 5.32 Å². The molecule has 2 aromatic rings. The SMILES string of the molecule is CC1(CO)CCCC1NC(=O)c1cc2cc(F)ccc2o1.